The van der Waals surface area contributed by atoms with Crippen LogP contribution in [0.3, 0.4) is 0 Å². The minimum atomic E-state index is 0.482. The highest BCUT2D eigenvalue weighted by Gasteiger charge is 2.05. The Hall–Kier alpha value is -1.49. The Balaban J connectivity index is 2.44. The second-order valence-corrected chi connectivity index (χ2v) is 4.16. The second kappa shape index (κ2) is 6.90. The first kappa shape index (κ1) is 12.6. The Labute approximate surface area is 97.9 Å². The quantitative estimate of drug-likeness (QED) is 0.677. The molecule has 0 saturated carbocycles. The first-order valence-corrected chi connectivity index (χ1v) is 5.84. The first-order valence-electron chi connectivity index (χ1n) is 5.84. The molecular formula is C14H19NO. The molecule has 2 nitrogen and oxygen atoms in total. The lowest BCUT2D eigenvalue weighted by Crippen LogP contribution is -2.01. The lowest BCUT2D eigenvalue weighted by molar-refractivity contribution is 0.303. The Morgan fingerprint density at radius 3 is 2.69 bits per heavy atom. The topological polar surface area (TPSA) is 33.0 Å². The fraction of sp³-hybridized carbons (Fsp3) is 0.500. The molecule has 0 bridgehead atoms. The van der Waals surface area contributed by atoms with Gasteiger partial charge in [-0.3, -0.25) is 0 Å². The van der Waals surface area contributed by atoms with E-state index in [0.717, 1.165) is 18.6 Å². The third kappa shape index (κ3) is 3.94. The van der Waals surface area contributed by atoms with Gasteiger partial charge in [-0.2, -0.15) is 5.26 Å². The summed E-state index contributed by atoms with van der Waals surface area (Å²) in [5.41, 5.74) is 1.25. The number of hydrogen-bond donors (Lipinski definition) is 0. The number of rotatable bonds is 6. The monoisotopic (exact) mass is 217 g/mol. The summed E-state index contributed by atoms with van der Waals surface area (Å²) in [7, 11) is 0. The average molecular weight is 217 g/mol. The number of nitrogens with zero attached hydrogens (tertiary/aromatic N) is 1. The molecular weight excluding hydrogens is 198 g/mol. The number of para-hydroxylation sites is 1. The van der Waals surface area contributed by atoms with Crippen molar-refractivity contribution in [2.24, 2.45) is 0 Å². The van der Waals surface area contributed by atoms with Crippen LogP contribution in [0.1, 0.15) is 44.6 Å². The van der Waals surface area contributed by atoms with E-state index >= 15 is 0 Å². The van der Waals surface area contributed by atoms with Crippen LogP contribution in [-0.4, -0.2) is 6.61 Å². The van der Waals surface area contributed by atoms with E-state index in [1.807, 2.05) is 18.2 Å². The molecule has 2 heteroatoms. The van der Waals surface area contributed by atoms with Crippen molar-refractivity contribution in [3.8, 4) is 11.8 Å². The van der Waals surface area contributed by atoms with Crippen molar-refractivity contribution in [1.82, 2.24) is 0 Å². The van der Waals surface area contributed by atoms with Crippen molar-refractivity contribution >= 4 is 0 Å². The normalized spacial score (nSPS) is 10.1. The van der Waals surface area contributed by atoms with Crippen molar-refractivity contribution in [2.75, 3.05) is 6.61 Å². The SMILES string of the molecule is CC(C)c1ccccc1OCCCCC#N. The summed E-state index contributed by atoms with van der Waals surface area (Å²) in [6.07, 6.45) is 2.48. The molecule has 16 heavy (non-hydrogen) atoms. The van der Waals surface area contributed by atoms with Crippen LogP contribution in [0.2, 0.25) is 0 Å². The van der Waals surface area contributed by atoms with Gasteiger partial charge in [0.25, 0.3) is 0 Å². The minimum absolute atomic E-state index is 0.482. The smallest absolute Gasteiger partial charge is 0.122 e. The van der Waals surface area contributed by atoms with Crippen molar-refractivity contribution in [3.05, 3.63) is 29.8 Å². The summed E-state index contributed by atoms with van der Waals surface area (Å²) >= 11 is 0. The molecule has 1 aromatic carbocycles. The van der Waals surface area contributed by atoms with E-state index < -0.39 is 0 Å². The van der Waals surface area contributed by atoms with E-state index in [1.54, 1.807) is 0 Å². The first-order chi connectivity index (χ1) is 7.75. The van der Waals surface area contributed by atoms with Gasteiger partial charge in [0, 0.05) is 6.42 Å². The maximum Gasteiger partial charge on any atom is 0.122 e. The lowest BCUT2D eigenvalue weighted by atomic mass is 10.0. The second-order valence-electron chi connectivity index (χ2n) is 4.16. The standard InChI is InChI=1S/C14H19NO/c1-12(2)13-8-4-5-9-14(13)16-11-7-3-6-10-15/h4-5,8-9,12H,3,6-7,11H2,1-2H3. The van der Waals surface area contributed by atoms with Gasteiger partial charge in [0.05, 0.1) is 12.7 Å². The number of benzene rings is 1. The van der Waals surface area contributed by atoms with Gasteiger partial charge < -0.3 is 4.74 Å². The molecule has 0 spiro atoms. The van der Waals surface area contributed by atoms with Crippen molar-refractivity contribution in [3.63, 3.8) is 0 Å². The van der Waals surface area contributed by atoms with Crippen LogP contribution >= 0.6 is 0 Å². The molecule has 1 rings (SSSR count). The zero-order valence-electron chi connectivity index (χ0n) is 10.1. The van der Waals surface area contributed by atoms with Crippen LogP contribution in [0.5, 0.6) is 5.75 Å². The van der Waals surface area contributed by atoms with Gasteiger partial charge >= 0.3 is 0 Å². The molecule has 0 unspecified atom stereocenters. The van der Waals surface area contributed by atoms with Crippen LogP contribution in [0.25, 0.3) is 0 Å². The zero-order chi connectivity index (χ0) is 11.8. The summed E-state index contributed by atoms with van der Waals surface area (Å²) in [4.78, 5) is 0. The molecule has 0 saturated heterocycles. The summed E-state index contributed by atoms with van der Waals surface area (Å²) in [6.45, 7) is 5.03. The summed E-state index contributed by atoms with van der Waals surface area (Å²) in [6, 6.07) is 10.3. The largest absolute Gasteiger partial charge is 0.493 e. The molecule has 0 aromatic heterocycles. The molecule has 0 radical (unpaired) electrons. The van der Waals surface area contributed by atoms with Gasteiger partial charge in [-0.25, -0.2) is 0 Å². The third-order valence-electron chi connectivity index (χ3n) is 2.48. The molecule has 0 N–H and O–H groups in total. The number of nitriles is 1. The third-order valence-corrected chi connectivity index (χ3v) is 2.48. The zero-order valence-corrected chi connectivity index (χ0v) is 10.1. The molecule has 0 atom stereocenters. The van der Waals surface area contributed by atoms with Crippen molar-refractivity contribution < 1.29 is 4.74 Å². The van der Waals surface area contributed by atoms with Crippen molar-refractivity contribution in [1.29, 1.82) is 5.26 Å². The lowest BCUT2D eigenvalue weighted by Gasteiger charge is -2.13. The van der Waals surface area contributed by atoms with Crippen LogP contribution in [-0.2, 0) is 0 Å². The molecule has 0 aliphatic carbocycles. The van der Waals surface area contributed by atoms with Gasteiger partial charge in [-0.1, -0.05) is 32.0 Å². The molecule has 0 fully saturated rings. The van der Waals surface area contributed by atoms with Crippen molar-refractivity contribution in [2.45, 2.75) is 39.0 Å². The Morgan fingerprint density at radius 1 is 1.25 bits per heavy atom. The molecule has 1 aromatic rings. The number of hydrogen-bond acceptors (Lipinski definition) is 2. The Morgan fingerprint density at radius 2 is 2.00 bits per heavy atom. The van der Waals surface area contributed by atoms with E-state index in [0.29, 0.717) is 18.9 Å². The van der Waals surface area contributed by atoms with Gasteiger partial charge in [-0.05, 0) is 30.4 Å². The van der Waals surface area contributed by atoms with E-state index in [1.165, 1.54) is 5.56 Å². The molecule has 86 valence electrons. The van der Waals surface area contributed by atoms with Crippen LogP contribution in [0.4, 0.5) is 0 Å². The Kier molecular flexibility index (Phi) is 5.42. The van der Waals surface area contributed by atoms with Gasteiger partial charge in [0.15, 0.2) is 0 Å². The van der Waals surface area contributed by atoms with E-state index in [4.69, 9.17) is 10.00 Å². The highest BCUT2D eigenvalue weighted by atomic mass is 16.5. The fourth-order valence-electron chi connectivity index (χ4n) is 1.58. The van der Waals surface area contributed by atoms with E-state index in [2.05, 4.69) is 26.0 Å². The highest BCUT2D eigenvalue weighted by molar-refractivity contribution is 5.35. The molecule has 0 heterocycles. The van der Waals surface area contributed by atoms with Crippen LogP contribution < -0.4 is 4.74 Å². The number of unbranched alkanes of at least 4 members (excludes halogenated alkanes) is 2. The van der Waals surface area contributed by atoms with Gasteiger partial charge in [-0.15, -0.1) is 0 Å². The summed E-state index contributed by atoms with van der Waals surface area (Å²) in [5.74, 6) is 1.46. The maximum atomic E-state index is 8.41. The molecule has 0 aliphatic rings. The molecule has 0 aliphatic heterocycles. The summed E-state index contributed by atoms with van der Waals surface area (Å²) < 4.78 is 5.74. The average Bonchev–Trinajstić information content (AvgIpc) is 2.29. The molecule has 0 amide bonds. The van der Waals surface area contributed by atoms with Crippen LogP contribution in [0.15, 0.2) is 24.3 Å². The Bertz CT molecular complexity index is 352. The van der Waals surface area contributed by atoms with E-state index in [9.17, 15) is 0 Å². The van der Waals surface area contributed by atoms with Gasteiger partial charge in [0.1, 0.15) is 5.75 Å². The fourth-order valence-corrected chi connectivity index (χ4v) is 1.58. The summed E-state index contributed by atoms with van der Waals surface area (Å²) in [5, 5.41) is 8.41. The number of ether oxygens (including phenoxy) is 1. The van der Waals surface area contributed by atoms with E-state index in [-0.39, 0.29) is 0 Å². The minimum Gasteiger partial charge on any atom is -0.493 e. The predicted molar refractivity (Wildman–Crippen MR) is 65.5 cm³/mol. The predicted octanol–water partition coefficient (Wildman–Crippen LogP) is 3.88. The maximum absolute atomic E-state index is 8.41. The van der Waals surface area contributed by atoms with Gasteiger partial charge in [0.2, 0.25) is 0 Å². The highest BCUT2D eigenvalue weighted by Crippen LogP contribution is 2.25. The van der Waals surface area contributed by atoms with Crippen LogP contribution in [0, 0.1) is 11.3 Å².